The monoisotopic (exact) mass is 386 g/mol. The summed E-state index contributed by atoms with van der Waals surface area (Å²) in [5.74, 6) is 2.82. The zero-order valence-electron chi connectivity index (χ0n) is 15.7. The van der Waals surface area contributed by atoms with E-state index in [0.717, 1.165) is 48.6 Å². The van der Waals surface area contributed by atoms with Crippen molar-refractivity contribution in [1.29, 1.82) is 0 Å². The van der Waals surface area contributed by atoms with Gasteiger partial charge in [-0.25, -0.2) is 14.8 Å². The van der Waals surface area contributed by atoms with Crippen LogP contribution in [0.2, 0.25) is 0 Å². The molecule has 0 spiro atoms. The summed E-state index contributed by atoms with van der Waals surface area (Å²) in [4.78, 5) is 28.2. The van der Waals surface area contributed by atoms with Crippen molar-refractivity contribution in [1.82, 2.24) is 14.9 Å². The predicted molar refractivity (Wildman–Crippen MR) is 110 cm³/mol. The van der Waals surface area contributed by atoms with Crippen molar-refractivity contribution in [3.63, 3.8) is 0 Å². The molecular formula is C19H26N6OS. The Labute approximate surface area is 164 Å². The largest absolute Gasteiger partial charge is 0.356 e. The molecule has 0 atom stereocenters. The zero-order chi connectivity index (χ0) is 18.6. The van der Waals surface area contributed by atoms with Crippen LogP contribution in [0.5, 0.6) is 0 Å². The van der Waals surface area contributed by atoms with Gasteiger partial charge in [-0.3, -0.25) is 5.32 Å². The standard InChI is InChI=1S/C19H26N6OS/c1-15-20-16(23-7-3-2-4-8-23)14-17(21-15)24-9-11-25(12-10-24)19(26)22-18-6-5-13-27-18/h5-6,13-14H,2-4,7-12H2,1H3,(H,22,26). The minimum absolute atomic E-state index is 0.0232. The molecule has 2 amide bonds. The van der Waals surface area contributed by atoms with Crippen LogP contribution in [0.15, 0.2) is 23.6 Å². The van der Waals surface area contributed by atoms with Crippen molar-refractivity contribution < 1.29 is 4.79 Å². The molecule has 2 fully saturated rings. The molecular weight excluding hydrogens is 360 g/mol. The summed E-state index contributed by atoms with van der Waals surface area (Å²) < 4.78 is 0. The number of carbonyl (C=O) groups is 1. The fourth-order valence-electron chi connectivity index (χ4n) is 3.66. The van der Waals surface area contributed by atoms with Crippen molar-refractivity contribution in [2.24, 2.45) is 0 Å². The highest BCUT2D eigenvalue weighted by atomic mass is 32.1. The van der Waals surface area contributed by atoms with E-state index in [4.69, 9.17) is 0 Å². The van der Waals surface area contributed by atoms with E-state index in [0.29, 0.717) is 13.1 Å². The second-order valence-electron chi connectivity index (χ2n) is 7.06. The molecule has 2 aliphatic heterocycles. The maximum absolute atomic E-state index is 12.4. The lowest BCUT2D eigenvalue weighted by Crippen LogP contribution is -2.50. The number of amides is 2. The van der Waals surface area contributed by atoms with Gasteiger partial charge >= 0.3 is 6.03 Å². The lowest BCUT2D eigenvalue weighted by Gasteiger charge is -2.36. The molecule has 2 aromatic heterocycles. The van der Waals surface area contributed by atoms with E-state index in [1.807, 2.05) is 29.3 Å². The SMILES string of the molecule is Cc1nc(N2CCCCC2)cc(N2CCN(C(=O)Nc3cccs3)CC2)n1. The summed E-state index contributed by atoms with van der Waals surface area (Å²) in [6.45, 7) is 7.07. The zero-order valence-corrected chi connectivity index (χ0v) is 16.5. The molecule has 8 heteroatoms. The molecule has 2 aromatic rings. The number of piperazine rings is 1. The number of nitrogens with zero attached hydrogens (tertiary/aromatic N) is 5. The van der Waals surface area contributed by atoms with Crippen molar-refractivity contribution in [2.45, 2.75) is 26.2 Å². The van der Waals surface area contributed by atoms with Gasteiger partial charge in [0.2, 0.25) is 0 Å². The van der Waals surface area contributed by atoms with Crippen LogP contribution in [0.1, 0.15) is 25.1 Å². The van der Waals surface area contributed by atoms with E-state index < -0.39 is 0 Å². The molecule has 4 heterocycles. The predicted octanol–water partition coefficient (Wildman–Crippen LogP) is 3.19. The van der Waals surface area contributed by atoms with Gasteiger partial charge in [0.05, 0.1) is 5.00 Å². The Morgan fingerprint density at radius 3 is 2.30 bits per heavy atom. The van der Waals surface area contributed by atoms with Gasteiger partial charge in [0.15, 0.2) is 0 Å². The fraction of sp³-hybridized carbons (Fsp3) is 0.526. The van der Waals surface area contributed by atoms with Crippen LogP contribution in [0.3, 0.4) is 0 Å². The van der Waals surface area contributed by atoms with E-state index in [1.165, 1.54) is 30.6 Å². The number of nitrogens with one attached hydrogen (secondary N) is 1. The average Bonchev–Trinajstić information content (AvgIpc) is 3.21. The van der Waals surface area contributed by atoms with Gasteiger partial charge in [-0.2, -0.15) is 0 Å². The number of anilines is 3. The summed E-state index contributed by atoms with van der Waals surface area (Å²) in [5.41, 5.74) is 0. The van der Waals surface area contributed by atoms with Crippen molar-refractivity contribution in [3.05, 3.63) is 29.4 Å². The highest BCUT2D eigenvalue weighted by Gasteiger charge is 2.23. The maximum atomic E-state index is 12.4. The van der Waals surface area contributed by atoms with Gasteiger partial charge in [0.25, 0.3) is 0 Å². The topological polar surface area (TPSA) is 64.6 Å². The Morgan fingerprint density at radius 2 is 1.67 bits per heavy atom. The quantitative estimate of drug-likeness (QED) is 0.878. The van der Waals surface area contributed by atoms with E-state index in [-0.39, 0.29) is 6.03 Å². The van der Waals surface area contributed by atoms with Crippen LogP contribution in [-0.2, 0) is 0 Å². The van der Waals surface area contributed by atoms with Gasteiger partial charge in [0, 0.05) is 45.3 Å². The molecule has 7 nitrogen and oxygen atoms in total. The minimum atomic E-state index is -0.0232. The lowest BCUT2D eigenvalue weighted by atomic mass is 10.1. The highest BCUT2D eigenvalue weighted by Crippen LogP contribution is 2.23. The Bertz CT molecular complexity index is 767. The lowest BCUT2D eigenvalue weighted by molar-refractivity contribution is 0.208. The molecule has 4 rings (SSSR count). The Balaban J connectivity index is 1.39. The first-order valence-corrected chi connectivity index (χ1v) is 10.5. The van der Waals surface area contributed by atoms with Gasteiger partial charge in [0.1, 0.15) is 17.5 Å². The second kappa shape index (κ2) is 8.12. The van der Waals surface area contributed by atoms with Crippen molar-refractivity contribution >= 4 is 34.0 Å². The van der Waals surface area contributed by atoms with E-state index in [2.05, 4.69) is 31.2 Å². The third-order valence-electron chi connectivity index (χ3n) is 5.13. The molecule has 144 valence electrons. The highest BCUT2D eigenvalue weighted by molar-refractivity contribution is 7.14. The average molecular weight is 387 g/mol. The number of aryl methyl sites for hydroxylation is 1. The summed E-state index contributed by atoms with van der Waals surface area (Å²) >= 11 is 1.54. The molecule has 2 saturated heterocycles. The number of hydrogen-bond donors (Lipinski definition) is 1. The first-order chi connectivity index (χ1) is 13.2. The summed E-state index contributed by atoms with van der Waals surface area (Å²) in [6.07, 6.45) is 3.77. The molecule has 1 N–H and O–H groups in total. The van der Waals surface area contributed by atoms with Crippen molar-refractivity contribution in [2.75, 3.05) is 54.4 Å². The van der Waals surface area contributed by atoms with Crippen LogP contribution in [0.4, 0.5) is 21.4 Å². The first-order valence-electron chi connectivity index (χ1n) is 9.64. The number of rotatable bonds is 3. The van der Waals surface area contributed by atoms with Crippen molar-refractivity contribution in [3.8, 4) is 0 Å². The number of urea groups is 1. The van der Waals surface area contributed by atoms with E-state index in [1.54, 1.807) is 0 Å². The number of hydrogen-bond acceptors (Lipinski definition) is 6. The van der Waals surface area contributed by atoms with Crippen LogP contribution in [0.25, 0.3) is 0 Å². The molecule has 0 saturated carbocycles. The molecule has 0 radical (unpaired) electrons. The number of piperidine rings is 1. The van der Waals surface area contributed by atoms with Crippen LogP contribution < -0.4 is 15.1 Å². The molecule has 0 aliphatic carbocycles. The Hall–Kier alpha value is -2.35. The minimum Gasteiger partial charge on any atom is -0.356 e. The number of thiophene rings is 1. The molecule has 27 heavy (non-hydrogen) atoms. The van der Waals surface area contributed by atoms with Gasteiger partial charge in [-0.1, -0.05) is 0 Å². The normalized spacial score (nSPS) is 17.9. The van der Waals surface area contributed by atoms with E-state index in [9.17, 15) is 4.79 Å². The van der Waals surface area contributed by atoms with Crippen LogP contribution >= 0.6 is 11.3 Å². The molecule has 0 unspecified atom stereocenters. The van der Waals surface area contributed by atoms with E-state index >= 15 is 0 Å². The summed E-state index contributed by atoms with van der Waals surface area (Å²) in [7, 11) is 0. The van der Waals surface area contributed by atoms with Gasteiger partial charge < -0.3 is 14.7 Å². The second-order valence-corrected chi connectivity index (χ2v) is 8.01. The van der Waals surface area contributed by atoms with Gasteiger partial charge in [-0.05, 0) is 43.7 Å². The summed E-state index contributed by atoms with van der Waals surface area (Å²) in [5, 5.41) is 5.81. The third kappa shape index (κ3) is 4.32. The molecule has 2 aliphatic rings. The molecule has 0 bridgehead atoms. The number of aromatic nitrogens is 2. The maximum Gasteiger partial charge on any atom is 0.322 e. The fourth-order valence-corrected chi connectivity index (χ4v) is 4.26. The first kappa shape index (κ1) is 18.0. The third-order valence-corrected chi connectivity index (χ3v) is 5.92. The summed E-state index contributed by atoms with van der Waals surface area (Å²) in [6, 6.07) is 5.95. The smallest absolute Gasteiger partial charge is 0.322 e. The Kier molecular flexibility index (Phi) is 5.42. The molecule has 0 aromatic carbocycles. The number of carbonyl (C=O) groups excluding carboxylic acids is 1. The van der Waals surface area contributed by atoms with Gasteiger partial charge in [-0.15, -0.1) is 11.3 Å². The van der Waals surface area contributed by atoms with Crippen LogP contribution in [-0.4, -0.2) is 60.2 Å². The van der Waals surface area contributed by atoms with Crippen LogP contribution in [0, 0.1) is 6.92 Å². The Morgan fingerprint density at radius 1 is 1.00 bits per heavy atom.